The Hall–Kier alpha value is -2.27. The molecule has 4 nitrogen and oxygen atoms in total. The maximum Gasteiger partial charge on any atom is 0.127 e. The number of nitrogens with zero attached hydrogens (tertiary/aromatic N) is 2. The molecule has 152 valence electrons. The third-order valence-corrected chi connectivity index (χ3v) is 5.77. The van der Waals surface area contributed by atoms with Gasteiger partial charge in [-0.2, -0.15) is 0 Å². The molecule has 1 saturated heterocycles. The van der Waals surface area contributed by atoms with Gasteiger partial charge in [0, 0.05) is 48.8 Å². The summed E-state index contributed by atoms with van der Waals surface area (Å²) in [6, 6.07) is 20.2. The summed E-state index contributed by atoms with van der Waals surface area (Å²) >= 11 is 6.17. The lowest BCUT2D eigenvalue weighted by atomic mass is 10.1. The van der Waals surface area contributed by atoms with Crippen molar-refractivity contribution in [2.75, 3.05) is 44.2 Å². The van der Waals surface area contributed by atoms with Gasteiger partial charge in [-0.25, -0.2) is 0 Å². The van der Waals surface area contributed by atoms with Crippen LogP contribution in [0.3, 0.4) is 0 Å². The maximum atomic E-state index is 10.5. The number of piperazine rings is 1. The molecule has 1 aliphatic heterocycles. The lowest BCUT2D eigenvalue weighted by Crippen LogP contribution is -2.49. The fourth-order valence-electron chi connectivity index (χ4n) is 3.95. The van der Waals surface area contributed by atoms with E-state index in [0.717, 1.165) is 47.7 Å². The number of rotatable bonds is 6. The monoisotopic (exact) mass is 410 g/mol. The lowest BCUT2D eigenvalue weighted by molar-refractivity contribution is 0.0668. The number of ether oxygens (including phenoxy) is 1. The van der Waals surface area contributed by atoms with E-state index in [2.05, 4.69) is 34.9 Å². The Labute approximate surface area is 177 Å². The molecule has 1 aliphatic rings. The van der Waals surface area contributed by atoms with E-state index in [4.69, 9.17) is 16.3 Å². The number of β-amino-alcohol motifs (C(OH)–C–C–N with tert-alkyl or cyclic N) is 1. The first-order valence-electron chi connectivity index (χ1n) is 10.1. The SMILES string of the molecule is Cc1ccc(Cl)cc1N1CCN(C[C@@H](O)COc2cccc3ccccc23)CC1. The zero-order valence-electron chi connectivity index (χ0n) is 16.7. The van der Waals surface area contributed by atoms with E-state index in [1.807, 2.05) is 42.5 Å². The number of anilines is 1. The zero-order valence-corrected chi connectivity index (χ0v) is 17.5. The standard InChI is InChI=1S/C24H27ClN2O2/c1-18-9-10-20(25)15-23(18)27-13-11-26(12-14-27)16-21(28)17-29-24-8-4-6-19-5-2-3-7-22(19)24/h2-10,15,21,28H,11-14,16-17H2,1H3/t21-/m1/s1. The van der Waals surface area contributed by atoms with Crippen LogP contribution in [0, 0.1) is 6.92 Å². The molecule has 0 spiro atoms. The number of fused-ring (bicyclic) bond motifs is 1. The van der Waals surface area contributed by atoms with Gasteiger partial charge in [0.1, 0.15) is 18.5 Å². The summed E-state index contributed by atoms with van der Waals surface area (Å²) in [4.78, 5) is 4.67. The molecule has 4 rings (SSSR count). The van der Waals surface area contributed by atoms with Crippen LogP contribution in [0.25, 0.3) is 10.8 Å². The molecule has 0 aromatic heterocycles. The van der Waals surface area contributed by atoms with Crippen LogP contribution >= 0.6 is 11.6 Å². The first-order chi connectivity index (χ1) is 14.1. The zero-order chi connectivity index (χ0) is 20.2. The van der Waals surface area contributed by atoms with Crippen LogP contribution in [0.1, 0.15) is 5.56 Å². The second kappa shape index (κ2) is 9.04. The summed E-state index contributed by atoms with van der Waals surface area (Å²) < 4.78 is 5.94. The molecule has 0 saturated carbocycles. The number of aliphatic hydroxyl groups excluding tert-OH is 1. The van der Waals surface area contributed by atoms with Crippen molar-refractivity contribution in [3.05, 3.63) is 71.2 Å². The van der Waals surface area contributed by atoms with Crippen molar-refractivity contribution in [3.63, 3.8) is 0 Å². The molecule has 0 amide bonds. The largest absolute Gasteiger partial charge is 0.490 e. The quantitative estimate of drug-likeness (QED) is 0.654. The van der Waals surface area contributed by atoms with Gasteiger partial charge < -0.3 is 14.7 Å². The molecule has 3 aromatic rings. The molecule has 0 unspecified atom stereocenters. The molecule has 1 heterocycles. The van der Waals surface area contributed by atoms with Crippen molar-refractivity contribution < 1.29 is 9.84 Å². The molecule has 0 aliphatic carbocycles. The summed E-state index contributed by atoms with van der Waals surface area (Å²) in [5.41, 5.74) is 2.45. The maximum absolute atomic E-state index is 10.5. The highest BCUT2D eigenvalue weighted by atomic mass is 35.5. The fourth-order valence-corrected chi connectivity index (χ4v) is 4.12. The van der Waals surface area contributed by atoms with Gasteiger partial charge in [-0.15, -0.1) is 0 Å². The van der Waals surface area contributed by atoms with E-state index < -0.39 is 6.10 Å². The summed E-state index contributed by atoms with van der Waals surface area (Å²) in [6.07, 6.45) is -0.520. The van der Waals surface area contributed by atoms with E-state index in [9.17, 15) is 5.11 Å². The van der Waals surface area contributed by atoms with E-state index in [1.165, 1.54) is 11.3 Å². The van der Waals surface area contributed by atoms with Crippen molar-refractivity contribution in [1.29, 1.82) is 0 Å². The van der Waals surface area contributed by atoms with Gasteiger partial charge in [-0.1, -0.05) is 54.1 Å². The Bertz CT molecular complexity index is 965. The number of aliphatic hydroxyl groups is 1. The van der Waals surface area contributed by atoms with Crippen molar-refractivity contribution >= 4 is 28.1 Å². The van der Waals surface area contributed by atoms with Crippen LogP contribution in [0.15, 0.2) is 60.7 Å². The number of benzene rings is 3. The molecule has 29 heavy (non-hydrogen) atoms. The first-order valence-corrected chi connectivity index (χ1v) is 10.5. The van der Waals surface area contributed by atoms with Crippen LogP contribution in [0.5, 0.6) is 5.75 Å². The van der Waals surface area contributed by atoms with Gasteiger partial charge in [0.25, 0.3) is 0 Å². The normalized spacial score (nSPS) is 16.2. The summed E-state index contributed by atoms with van der Waals surface area (Å²) in [5.74, 6) is 0.823. The smallest absolute Gasteiger partial charge is 0.127 e. The van der Waals surface area contributed by atoms with E-state index >= 15 is 0 Å². The average Bonchev–Trinajstić information content (AvgIpc) is 2.74. The van der Waals surface area contributed by atoms with Gasteiger partial charge in [0.2, 0.25) is 0 Å². The molecule has 1 atom stereocenters. The summed E-state index contributed by atoms with van der Waals surface area (Å²) in [7, 11) is 0. The molecular formula is C24H27ClN2O2. The van der Waals surface area contributed by atoms with Gasteiger partial charge in [-0.3, -0.25) is 4.90 Å². The highest BCUT2D eigenvalue weighted by Crippen LogP contribution is 2.26. The predicted molar refractivity (Wildman–Crippen MR) is 120 cm³/mol. The van der Waals surface area contributed by atoms with E-state index in [-0.39, 0.29) is 0 Å². The number of halogens is 1. The third kappa shape index (κ3) is 4.84. The van der Waals surface area contributed by atoms with Gasteiger partial charge in [0.05, 0.1) is 0 Å². The lowest BCUT2D eigenvalue weighted by Gasteiger charge is -2.37. The fraction of sp³-hybridized carbons (Fsp3) is 0.333. The van der Waals surface area contributed by atoms with Crippen molar-refractivity contribution in [3.8, 4) is 5.75 Å². The minimum absolute atomic E-state index is 0.293. The van der Waals surface area contributed by atoms with Gasteiger partial charge >= 0.3 is 0 Å². The molecule has 5 heteroatoms. The second-order valence-electron chi connectivity index (χ2n) is 7.66. The molecule has 3 aromatic carbocycles. The van der Waals surface area contributed by atoms with Crippen LogP contribution in [-0.2, 0) is 0 Å². The molecular weight excluding hydrogens is 384 g/mol. The van der Waals surface area contributed by atoms with Crippen LogP contribution < -0.4 is 9.64 Å². The molecule has 0 bridgehead atoms. The van der Waals surface area contributed by atoms with Crippen LogP contribution in [0.2, 0.25) is 5.02 Å². The van der Waals surface area contributed by atoms with Gasteiger partial charge in [-0.05, 0) is 36.1 Å². The summed E-state index contributed by atoms with van der Waals surface area (Å²) in [5, 5.41) is 13.5. The minimum Gasteiger partial charge on any atom is -0.490 e. The van der Waals surface area contributed by atoms with Gasteiger partial charge in [0.15, 0.2) is 0 Å². The topological polar surface area (TPSA) is 35.9 Å². The highest BCUT2D eigenvalue weighted by molar-refractivity contribution is 6.30. The molecule has 1 N–H and O–H groups in total. The van der Waals surface area contributed by atoms with E-state index in [1.54, 1.807) is 0 Å². The molecule has 1 fully saturated rings. The first kappa shape index (κ1) is 20.0. The van der Waals surface area contributed by atoms with E-state index in [0.29, 0.717) is 13.2 Å². The Morgan fingerprint density at radius 2 is 1.76 bits per heavy atom. The number of hydrogen-bond donors (Lipinski definition) is 1. The molecule has 0 radical (unpaired) electrons. The second-order valence-corrected chi connectivity index (χ2v) is 8.10. The van der Waals surface area contributed by atoms with Crippen molar-refractivity contribution in [2.45, 2.75) is 13.0 Å². The Balaban J connectivity index is 1.29. The Morgan fingerprint density at radius 1 is 1.00 bits per heavy atom. The summed E-state index contributed by atoms with van der Waals surface area (Å²) in [6.45, 7) is 6.71. The Kier molecular flexibility index (Phi) is 6.24. The van der Waals surface area contributed by atoms with Crippen molar-refractivity contribution in [2.24, 2.45) is 0 Å². The Morgan fingerprint density at radius 3 is 2.59 bits per heavy atom. The highest BCUT2D eigenvalue weighted by Gasteiger charge is 2.21. The number of aryl methyl sites for hydroxylation is 1. The minimum atomic E-state index is -0.520. The van der Waals surface area contributed by atoms with Crippen LogP contribution in [-0.4, -0.2) is 55.4 Å². The van der Waals surface area contributed by atoms with Crippen molar-refractivity contribution in [1.82, 2.24) is 4.90 Å². The van der Waals surface area contributed by atoms with Crippen LogP contribution in [0.4, 0.5) is 5.69 Å². The predicted octanol–water partition coefficient (Wildman–Crippen LogP) is 4.36. The number of hydrogen-bond acceptors (Lipinski definition) is 4. The third-order valence-electron chi connectivity index (χ3n) is 5.53. The average molecular weight is 411 g/mol.